The highest BCUT2D eigenvalue weighted by molar-refractivity contribution is 7.80. The molecule has 1 aliphatic rings. The van der Waals surface area contributed by atoms with E-state index in [9.17, 15) is 0 Å². The van der Waals surface area contributed by atoms with Crippen LogP contribution in [0.5, 0.6) is 0 Å². The zero-order chi connectivity index (χ0) is 14.1. The Bertz CT molecular complexity index is 645. The van der Waals surface area contributed by atoms with Crippen molar-refractivity contribution >= 4 is 33.9 Å². The number of benzene rings is 1. The van der Waals surface area contributed by atoms with Gasteiger partial charge >= 0.3 is 0 Å². The number of rotatable bonds is 2. The number of nitrogens with zero attached hydrogens (tertiary/aromatic N) is 2. The molecule has 3 nitrogen and oxygen atoms in total. The summed E-state index contributed by atoms with van der Waals surface area (Å²) in [7, 11) is 0. The Kier molecular flexibility index (Phi) is 3.57. The van der Waals surface area contributed by atoms with Crippen molar-refractivity contribution in [2.45, 2.75) is 19.8 Å². The van der Waals surface area contributed by atoms with Crippen LogP contribution in [0.2, 0.25) is 0 Å². The number of nitrogens with two attached hydrogens (primary N) is 1. The SMILES string of the molecule is CC1CCN(c2nc3ccccc3cc2C(N)=S)CC1. The van der Waals surface area contributed by atoms with E-state index in [1.54, 1.807) is 0 Å². The molecule has 4 heteroatoms. The van der Waals surface area contributed by atoms with Crippen LogP contribution < -0.4 is 10.6 Å². The number of aromatic nitrogens is 1. The molecule has 0 amide bonds. The number of para-hydroxylation sites is 1. The minimum atomic E-state index is 0.428. The Hall–Kier alpha value is -1.68. The van der Waals surface area contributed by atoms with Crippen LogP contribution in [0.1, 0.15) is 25.3 Å². The molecule has 1 aliphatic heterocycles. The number of anilines is 1. The van der Waals surface area contributed by atoms with Gasteiger partial charge in [0.05, 0.1) is 11.1 Å². The Morgan fingerprint density at radius 1 is 1.30 bits per heavy atom. The van der Waals surface area contributed by atoms with E-state index < -0.39 is 0 Å². The quantitative estimate of drug-likeness (QED) is 0.861. The van der Waals surface area contributed by atoms with Crippen LogP contribution in [0.25, 0.3) is 10.9 Å². The van der Waals surface area contributed by atoms with Crippen LogP contribution in [0.4, 0.5) is 5.82 Å². The molecule has 1 fully saturated rings. The van der Waals surface area contributed by atoms with Crippen LogP contribution in [0.3, 0.4) is 0 Å². The van der Waals surface area contributed by atoms with E-state index in [4.69, 9.17) is 22.9 Å². The number of fused-ring (bicyclic) bond motifs is 1. The lowest BCUT2D eigenvalue weighted by molar-refractivity contribution is 0.437. The zero-order valence-electron chi connectivity index (χ0n) is 11.7. The maximum atomic E-state index is 5.90. The lowest BCUT2D eigenvalue weighted by atomic mass is 9.98. The van der Waals surface area contributed by atoms with Crippen molar-refractivity contribution < 1.29 is 0 Å². The van der Waals surface area contributed by atoms with Crippen molar-refractivity contribution in [3.63, 3.8) is 0 Å². The Balaban J connectivity index is 2.07. The second kappa shape index (κ2) is 5.37. The maximum Gasteiger partial charge on any atom is 0.139 e. The molecule has 1 aromatic heterocycles. The normalized spacial score (nSPS) is 16.6. The molecule has 0 saturated carbocycles. The van der Waals surface area contributed by atoms with Gasteiger partial charge in [0.2, 0.25) is 0 Å². The van der Waals surface area contributed by atoms with Gasteiger partial charge in [-0.15, -0.1) is 0 Å². The third kappa shape index (κ3) is 2.48. The summed E-state index contributed by atoms with van der Waals surface area (Å²) >= 11 is 5.22. The highest BCUT2D eigenvalue weighted by Gasteiger charge is 2.20. The molecular formula is C16H19N3S. The predicted molar refractivity (Wildman–Crippen MR) is 88.2 cm³/mol. The predicted octanol–water partition coefficient (Wildman–Crippen LogP) is 3.11. The fraction of sp³-hybridized carbons (Fsp3) is 0.375. The minimum absolute atomic E-state index is 0.428. The van der Waals surface area contributed by atoms with E-state index in [-0.39, 0.29) is 0 Å². The van der Waals surface area contributed by atoms with Crippen molar-refractivity contribution in [3.05, 3.63) is 35.9 Å². The number of pyridine rings is 1. The average Bonchev–Trinajstić information content (AvgIpc) is 2.46. The van der Waals surface area contributed by atoms with Crippen molar-refractivity contribution in [2.75, 3.05) is 18.0 Å². The highest BCUT2D eigenvalue weighted by atomic mass is 32.1. The van der Waals surface area contributed by atoms with Crippen LogP contribution in [-0.4, -0.2) is 23.1 Å². The molecule has 1 aromatic carbocycles. The third-order valence-electron chi connectivity index (χ3n) is 4.05. The molecular weight excluding hydrogens is 266 g/mol. The maximum absolute atomic E-state index is 5.90. The Morgan fingerprint density at radius 3 is 2.70 bits per heavy atom. The lowest BCUT2D eigenvalue weighted by Crippen LogP contribution is -2.35. The summed E-state index contributed by atoms with van der Waals surface area (Å²) in [5.41, 5.74) is 7.80. The van der Waals surface area contributed by atoms with Gasteiger partial charge in [-0.25, -0.2) is 4.98 Å². The van der Waals surface area contributed by atoms with Crippen molar-refractivity contribution in [1.29, 1.82) is 0 Å². The number of piperidine rings is 1. The molecule has 0 atom stereocenters. The van der Waals surface area contributed by atoms with Gasteiger partial charge in [-0.1, -0.05) is 37.3 Å². The average molecular weight is 285 g/mol. The van der Waals surface area contributed by atoms with E-state index >= 15 is 0 Å². The molecule has 20 heavy (non-hydrogen) atoms. The number of thiocarbonyl (C=S) groups is 1. The lowest BCUT2D eigenvalue weighted by Gasteiger charge is -2.32. The second-order valence-electron chi connectivity index (χ2n) is 5.59. The van der Waals surface area contributed by atoms with E-state index in [1.165, 1.54) is 12.8 Å². The van der Waals surface area contributed by atoms with Crippen LogP contribution in [0, 0.1) is 5.92 Å². The minimum Gasteiger partial charge on any atom is -0.389 e. The van der Waals surface area contributed by atoms with Gasteiger partial charge in [0.15, 0.2) is 0 Å². The van der Waals surface area contributed by atoms with Gasteiger partial charge in [0, 0.05) is 18.5 Å². The first-order chi connectivity index (χ1) is 9.65. The van der Waals surface area contributed by atoms with Crippen LogP contribution in [-0.2, 0) is 0 Å². The summed E-state index contributed by atoms with van der Waals surface area (Å²) in [4.78, 5) is 7.55. The molecule has 2 aromatic rings. The Morgan fingerprint density at radius 2 is 2.00 bits per heavy atom. The molecule has 0 radical (unpaired) electrons. The summed E-state index contributed by atoms with van der Waals surface area (Å²) < 4.78 is 0. The molecule has 0 unspecified atom stereocenters. The van der Waals surface area contributed by atoms with E-state index in [0.29, 0.717) is 4.99 Å². The summed E-state index contributed by atoms with van der Waals surface area (Å²) in [6, 6.07) is 10.2. The number of hydrogen-bond acceptors (Lipinski definition) is 3. The molecule has 0 bridgehead atoms. The number of hydrogen-bond donors (Lipinski definition) is 1. The van der Waals surface area contributed by atoms with Gasteiger partial charge in [-0.3, -0.25) is 0 Å². The molecule has 2 N–H and O–H groups in total. The summed E-state index contributed by atoms with van der Waals surface area (Å²) in [5.74, 6) is 1.74. The van der Waals surface area contributed by atoms with Crippen molar-refractivity contribution in [2.24, 2.45) is 11.7 Å². The molecule has 0 spiro atoms. The van der Waals surface area contributed by atoms with Crippen LogP contribution in [0.15, 0.2) is 30.3 Å². The summed E-state index contributed by atoms with van der Waals surface area (Å²) in [5, 5.41) is 1.09. The van der Waals surface area contributed by atoms with E-state index in [2.05, 4.69) is 17.9 Å². The molecule has 2 heterocycles. The third-order valence-corrected chi connectivity index (χ3v) is 4.27. The smallest absolute Gasteiger partial charge is 0.139 e. The Labute approximate surface area is 124 Å². The fourth-order valence-corrected chi connectivity index (χ4v) is 2.90. The van der Waals surface area contributed by atoms with Crippen molar-refractivity contribution in [1.82, 2.24) is 4.98 Å². The monoisotopic (exact) mass is 285 g/mol. The topological polar surface area (TPSA) is 42.2 Å². The molecule has 0 aliphatic carbocycles. The van der Waals surface area contributed by atoms with Gasteiger partial charge < -0.3 is 10.6 Å². The van der Waals surface area contributed by atoms with Crippen molar-refractivity contribution in [3.8, 4) is 0 Å². The molecule has 1 saturated heterocycles. The van der Waals surface area contributed by atoms with Gasteiger partial charge in [0.1, 0.15) is 10.8 Å². The largest absolute Gasteiger partial charge is 0.389 e. The zero-order valence-corrected chi connectivity index (χ0v) is 12.5. The summed E-state index contributed by atoms with van der Waals surface area (Å²) in [6.07, 6.45) is 2.40. The highest BCUT2D eigenvalue weighted by Crippen LogP contribution is 2.27. The first-order valence-corrected chi connectivity index (χ1v) is 7.50. The second-order valence-corrected chi connectivity index (χ2v) is 6.03. The van der Waals surface area contributed by atoms with E-state index in [1.807, 2.05) is 24.3 Å². The van der Waals surface area contributed by atoms with E-state index in [0.717, 1.165) is 41.3 Å². The van der Waals surface area contributed by atoms with Gasteiger partial charge in [-0.2, -0.15) is 0 Å². The van der Waals surface area contributed by atoms with Crippen LogP contribution >= 0.6 is 12.2 Å². The first-order valence-electron chi connectivity index (χ1n) is 7.09. The first kappa shape index (κ1) is 13.3. The fourth-order valence-electron chi connectivity index (χ4n) is 2.75. The molecule has 104 valence electrons. The molecule has 3 rings (SSSR count). The van der Waals surface area contributed by atoms with Gasteiger partial charge in [-0.05, 0) is 30.9 Å². The summed E-state index contributed by atoms with van der Waals surface area (Å²) in [6.45, 7) is 4.36. The standard InChI is InChI=1S/C16H19N3S/c1-11-6-8-19(9-7-11)16-13(15(17)20)10-12-4-2-3-5-14(12)18-16/h2-5,10-11H,6-9H2,1H3,(H2,17,20). The van der Waals surface area contributed by atoms with Gasteiger partial charge in [0.25, 0.3) is 0 Å².